The van der Waals surface area contributed by atoms with Crippen LogP contribution in [0.5, 0.6) is 0 Å². The Morgan fingerprint density at radius 2 is 1.83 bits per heavy atom. The molecule has 2 heteroatoms. The van der Waals surface area contributed by atoms with E-state index in [-0.39, 0.29) is 5.97 Å². The van der Waals surface area contributed by atoms with Gasteiger partial charge >= 0.3 is 5.97 Å². The van der Waals surface area contributed by atoms with Crippen molar-refractivity contribution in [3.63, 3.8) is 0 Å². The fourth-order valence-corrected chi connectivity index (χ4v) is 0.921. The summed E-state index contributed by atoms with van der Waals surface area (Å²) in [5.41, 5.74) is 1.17. The first-order chi connectivity index (χ1) is 5.57. The molecule has 0 fully saturated rings. The van der Waals surface area contributed by atoms with E-state index in [2.05, 4.69) is 6.92 Å². The van der Waals surface area contributed by atoms with Crippen molar-refractivity contribution >= 4 is 5.97 Å². The molecule has 0 aliphatic rings. The maximum Gasteiger partial charge on any atom is 0.307 e. The SMILES string of the molecule is CCCCC(C)=C(C)OC(C)=O. The quantitative estimate of drug-likeness (QED) is 0.479. The zero-order valence-electron chi connectivity index (χ0n) is 8.44. The minimum Gasteiger partial charge on any atom is -0.432 e. The second-order valence-corrected chi connectivity index (χ2v) is 3.03. The maximum atomic E-state index is 10.6. The van der Waals surface area contributed by atoms with Crippen molar-refractivity contribution in [3.05, 3.63) is 11.3 Å². The third-order valence-corrected chi connectivity index (χ3v) is 1.80. The molecule has 0 N–H and O–H groups in total. The van der Waals surface area contributed by atoms with E-state index in [1.165, 1.54) is 18.9 Å². The van der Waals surface area contributed by atoms with Gasteiger partial charge in [0.2, 0.25) is 0 Å². The van der Waals surface area contributed by atoms with E-state index >= 15 is 0 Å². The second-order valence-electron chi connectivity index (χ2n) is 3.03. The smallest absolute Gasteiger partial charge is 0.307 e. The Morgan fingerprint density at radius 1 is 1.25 bits per heavy atom. The van der Waals surface area contributed by atoms with E-state index in [0.717, 1.165) is 18.6 Å². The normalized spacial score (nSPS) is 12.3. The summed E-state index contributed by atoms with van der Waals surface area (Å²) >= 11 is 0. The van der Waals surface area contributed by atoms with E-state index in [1.807, 2.05) is 13.8 Å². The Balaban J connectivity index is 3.97. The highest BCUT2D eigenvalue weighted by Crippen LogP contribution is 2.12. The largest absolute Gasteiger partial charge is 0.432 e. The van der Waals surface area contributed by atoms with Gasteiger partial charge in [-0.25, -0.2) is 0 Å². The molecule has 0 saturated carbocycles. The highest BCUT2D eigenvalue weighted by Gasteiger charge is 2.00. The van der Waals surface area contributed by atoms with Crippen LogP contribution in [0.3, 0.4) is 0 Å². The lowest BCUT2D eigenvalue weighted by Crippen LogP contribution is -1.98. The number of carbonyl (C=O) groups excluding carboxylic acids is 1. The van der Waals surface area contributed by atoms with Gasteiger partial charge in [-0.3, -0.25) is 4.79 Å². The average Bonchev–Trinajstić information content (AvgIpc) is 1.98. The summed E-state index contributed by atoms with van der Waals surface area (Å²) in [4.78, 5) is 10.6. The van der Waals surface area contributed by atoms with Gasteiger partial charge in [0.25, 0.3) is 0 Å². The molecular formula is C10H18O2. The number of hydrogen-bond donors (Lipinski definition) is 0. The molecule has 0 aromatic heterocycles. The fraction of sp³-hybridized carbons (Fsp3) is 0.700. The first-order valence-corrected chi connectivity index (χ1v) is 4.42. The molecule has 0 aliphatic heterocycles. The van der Waals surface area contributed by atoms with Crippen LogP contribution in [0.4, 0.5) is 0 Å². The van der Waals surface area contributed by atoms with Gasteiger partial charge in [-0.05, 0) is 32.3 Å². The number of carbonyl (C=O) groups is 1. The van der Waals surface area contributed by atoms with Crippen LogP contribution in [0.25, 0.3) is 0 Å². The van der Waals surface area contributed by atoms with Gasteiger partial charge in [-0.1, -0.05) is 13.3 Å². The van der Waals surface area contributed by atoms with Gasteiger partial charge in [-0.2, -0.15) is 0 Å². The molecule has 2 nitrogen and oxygen atoms in total. The number of allylic oxidation sites excluding steroid dienone is 2. The Morgan fingerprint density at radius 3 is 2.25 bits per heavy atom. The Hall–Kier alpha value is -0.790. The number of ether oxygens (including phenoxy) is 1. The summed E-state index contributed by atoms with van der Waals surface area (Å²) in [7, 11) is 0. The van der Waals surface area contributed by atoms with Gasteiger partial charge < -0.3 is 4.74 Å². The van der Waals surface area contributed by atoms with Gasteiger partial charge in [0.05, 0.1) is 0 Å². The lowest BCUT2D eigenvalue weighted by Gasteiger charge is -2.05. The van der Waals surface area contributed by atoms with Crippen LogP contribution in [0.2, 0.25) is 0 Å². The molecule has 0 rings (SSSR count). The van der Waals surface area contributed by atoms with Crippen molar-refractivity contribution in [2.45, 2.75) is 47.0 Å². The predicted octanol–water partition coefficient (Wildman–Crippen LogP) is 3.03. The first kappa shape index (κ1) is 11.2. The lowest BCUT2D eigenvalue weighted by atomic mass is 10.1. The molecule has 0 aliphatic carbocycles. The van der Waals surface area contributed by atoms with Crippen molar-refractivity contribution in [2.75, 3.05) is 0 Å². The molecular weight excluding hydrogens is 152 g/mol. The van der Waals surface area contributed by atoms with Crippen molar-refractivity contribution in [1.29, 1.82) is 0 Å². The first-order valence-electron chi connectivity index (χ1n) is 4.42. The molecule has 0 aromatic carbocycles. The average molecular weight is 170 g/mol. The van der Waals surface area contributed by atoms with Gasteiger partial charge in [0.15, 0.2) is 0 Å². The molecule has 0 unspecified atom stereocenters. The molecule has 0 radical (unpaired) electrons. The monoisotopic (exact) mass is 170 g/mol. The molecule has 70 valence electrons. The number of unbranched alkanes of at least 4 members (excludes halogenated alkanes) is 1. The summed E-state index contributed by atoms with van der Waals surface area (Å²) in [5.74, 6) is 0.527. The summed E-state index contributed by atoms with van der Waals surface area (Å²) in [5, 5.41) is 0. The molecule has 0 atom stereocenters. The van der Waals surface area contributed by atoms with Crippen LogP contribution >= 0.6 is 0 Å². The predicted molar refractivity (Wildman–Crippen MR) is 49.7 cm³/mol. The van der Waals surface area contributed by atoms with Crippen LogP contribution in [-0.2, 0) is 9.53 Å². The van der Waals surface area contributed by atoms with Crippen molar-refractivity contribution in [3.8, 4) is 0 Å². The molecule has 0 spiro atoms. The molecule has 0 aromatic rings. The number of rotatable bonds is 4. The van der Waals surface area contributed by atoms with E-state index in [0.29, 0.717) is 0 Å². The van der Waals surface area contributed by atoms with E-state index < -0.39 is 0 Å². The molecule has 12 heavy (non-hydrogen) atoms. The Kier molecular flexibility index (Phi) is 5.43. The summed E-state index contributed by atoms with van der Waals surface area (Å²) in [6.45, 7) is 7.42. The number of esters is 1. The zero-order valence-corrected chi connectivity index (χ0v) is 8.44. The maximum absolute atomic E-state index is 10.6. The third-order valence-electron chi connectivity index (χ3n) is 1.80. The molecule has 0 saturated heterocycles. The van der Waals surface area contributed by atoms with Crippen LogP contribution in [-0.4, -0.2) is 5.97 Å². The van der Waals surface area contributed by atoms with E-state index in [1.54, 1.807) is 0 Å². The third kappa shape index (κ3) is 4.94. The standard InChI is InChI=1S/C10H18O2/c1-5-6-7-8(2)9(3)12-10(4)11/h5-7H2,1-4H3. The molecule has 0 bridgehead atoms. The molecule has 0 amide bonds. The van der Waals surface area contributed by atoms with Gasteiger partial charge in [-0.15, -0.1) is 0 Å². The Bertz CT molecular complexity index is 180. The van der Waals surface area contributed by atoms with Crippen LogP contribution < -0.4 is 0 Å². The van der Waals surface area contributed by atoms with Crippen LogP contribution in [0.15, 0.2) is 11.3 Å². The van der Waals surface area contributed by atoms with E-state index in [9.17, 15) is 4.79 Å². The lowest BCUT2D eigenvalue weighted by molar-refractivity contribution is -0.136. The zero-order chi connectivity index (χ0) is 9.56. The van der Waals surface area contributed by atoms with Crippen molar-refractivity contribution < 1.29 is 9.53 Å². The van der Waals surface area contributed by atoms with Crippen molar-refractivity contribution in [2.24, 2.45) is 0 Å². The topological polar surface area (TPSA) is 26.3 Å². The van der Waals surface area contributed by atoms with Gasteiger partial charge in [0, 0.05) is 6.92 Å². The van der Waals surface area contributed by atoms with Crippen LogP contribution in [0, 0.1) is 0 Å². The summed E-state index contributed by atoms with van der Waals surface area (Å²) in [6.07, 6.45) is 3.35. The fourth-order valence-electron chi connectivity index (χ4n) is 0.921. The minimum atomic E-state index is -0.233. The van der Waals surface area contributed by atoms with Crippen LogP contribution in [0.1, 0.15) is 47.0 Å². The highest BCUT2D eigenvalue weighted by molar-refractivity contribution is 5.67. The van der Waals surface area contributed by atoms with Gasteiger partial charge in [0.1, 0.15) is 5.76 Å². The van der Waals surface area contributed by atoms with Crippen molar-refractivity contribution in [1.82, 2.24) is 0 Å². The highest BCUT2D eigenvalue weighted by atomic mass is 16.5. The second kappa shape index (κ2) is 5.81. The summed E-state index contributed by atoms with van der Waals surface area (Å²) in [6, 6.07) is 0. The summed E-state index contributed by atoms with van der Waals surface area (Å²) < 4.78 is 4.95. The minimum absolute atomic E-state index is 0.233. The number of hydrogen-bond acceptors (Lipinski definition) is 2. The van der Waals surface area contributed by atoms with E-state index in [4.69, 9.17) is 4.74 Å². The Labute approximate surface area is 74.6 Å². The molecule has 0 heterocycles.